The quantitative estimate of drug-likeness (QED) is 0.700. The van der Waals surface area contributed by atoms with Crippen LogP contribution < -0.4 is 4.74 Å². The molecule has 1 aliphatic rings. The summed E-state index contributed by atoms with van der Waals surface area (Å²) >= 11 is 0. The minimum absolute atomic E-state index is 0.108. The van der Waals surface area contributed by atoms with Crippen molar-refractivity contribution < 1.29 is 9.84 Å². The molecule has 1 aromatic rings. The van der Waals surface area contributed by atoms with Crippen LogP contribution >= 0.6 is 0 Å². The molecule has 0 radical (unpaired) electrons. The number of hydrogen-bond acceptors (Lipinski definition) is 2. The average Bonchev–Trinajstić information content (AvgIpc) is 2.47. The third-order valence-electron chi connectivity index (χ3n) is 5.37. The van der Waals surface area contributed by atoms with Crippen molar-refractivity contribution in [3.05, 3.63) is 23.3 Å². The Hall–Kier alpha value is -1.18. The van der Waals surface area contributed by atoms with Crippen molar-refractivity contribution in [1.82, 2.24) is 0 Å². The maximum atomic E-state index is 10.8. The number of phenolic OH excluding ortho intramolecular Hbond substituents is 1. The van der Waals surface area contributed by atoms with Crippen LogP contribution in [0.2, 0.25) is 0 Å². The van der Waals surface area contributed by atoms with Crippen LogP contribution in [0.4, 0.5) is 0 Å². The first-order valence-corrected chi connectivity index (χ1v) is 9.57. The molecule has 0 bridgehead atoms. The minimum Gasteiger partial charge on any atom is -0.507 e. The molecular formula is C22H36O2. The largest absolute Gasteiger partial charge is 0.507 e. The van der Waals surface area contributed by atoms with Crippen LogP contribution in [0.3, 0.4) is 0 Å². The Morgan fingerprint density at radius 1 is 0.917 bits per heavy atom. The third-order valence-corrected chi connectivity index (χ3v) is 5.37. The van der Waals surface area contributed by atoms with E-state index in [0.29, 0.717) is 11.9 Å². The SMILES string of the molecule is CCC1CCC(Oc2cc(C(C)(C)C)c(O)c(C(C)(C)C)c2)CC1. The molecule has 2 nitrogen and oxygen atoms in total. The molecule has 136 valence electrons. The Morgan fingerprint density at radius 3 is 1.75 bits per heavy atom. The molecule has 0 saturated heterocycles. The predicted molar refractivity (Wildman–Crippen MR) is 102 cm³/mol. The highest BCUT2D eigenvalue weighted by Crippen LogP contribution is 2.42. The molecule has 0 spiro atoms. The Kier molecular flexibility index (Phi) is 5.57. The maximum Gasteiger partial charge on any atom is 0.123 e. The first kappa shape index (κ1) is 19.1. The summed E-state index contributed by atoms with van der Waals surface area (Å²) in [5, 5.41) is 10.8. The van der Waals surface area contributed by atoms with E-state index >= 15 is 0 Å². The molecule has 2 rings (SSSR count). The van der Waals surface area contributed by atoms with Gasteiger partial charge < -0.3 is 9.84 Å². The lowest BCUT2D eigenvalue weighted by molar-refractivity contribution is 0.129. The summed E-state index contributed by atoms with van der Waals surface area (Å²) in [6, 6.07) is 4.10. The van der Waals surface area contributed by atoms with Gasteiger partial charge >= 0.3 is 0 Å². The fourth-order valence-electron chi connectivity index (χ4n) is 3.67. The van der Waals surface area contributed by atoms with Gasteiger partial charge in [-0.1, -0.05) is 54.9 Å². The molecule has 0 unspecified atom stereocenters. The molecule has 24 heavy (non-hydrogen) atoms. The van der Waals surface area contributed by atoms with Gasteiger partial charge in [-0.25, -0.2) is 0 Å². The highest BCUT2D eigenvalue weighted by Gasteiger charge is 2.28. The van der Waals surface area contributed by atoms with Crippen LogP contribution in [0.15, 0.2) is 12.1 Å². The number of aromatic hydroxyl groups is 1. The van der Waals surface area contributed by atoms with Gasteiger partial charge in [-0.15, -0.1) is 0 Å². The van der Waals surface area contributed by atoms with Crippen molar-refractivity contribution in [3.8, 4) is 11.5 Å². The standard InChI is InChI=1S/C22H36O2/c1-8-15-9-11-16(12-10-15)24-17-13-18(21(2,3)4)20(23)19(14-17)22(5,6)7/h13-16,23H,8-12H2,1-7H3. The van der Waals surface area contributed by atoms with Crippen LogP contribution in [0.25, 0.3) is 0 Å². The van der Waals surface area contributed by atoms with Gasteiger partial charge in [0.05, 0.1) is 6.10 Å². The van der Waals surface area contributed by atoms with Gasteiger partial charge in [0.1, 0.15) is 11.5 Å². The highest BCUT2D eigenvalue weighted by atomic mass is 16.5. The predicted octanol–water partition coefficient (Wildman–Crippen LogP) is 6.33. The zero-order valence-corrected chi connectivity index (χ0v) is 16.7. The summed E-state index contributed by atoms with van der Waals surface area (Å²) in [6.07, 6.45) is 6.45. The zero-order valence-electron chi connectivity index (χ0n) is 16.7. The van der Waals surface area contributed by atoms with Crippen LogP contribution in [-0.4, -0.2) is 11.2 Å². The number of phenols is 1. The number of benzene rings is 1. The fourth-order valence-corrected chi connectivity index (χ4v) is 3.67. The maximum absolute atomic E-state index is 10.8. The summed E-state index contributed by atoms with van der Waals surface area (Å²) in [4.78, 5) is 0. The minimum atomic E-state index is -0.108. The van der Waals surface area contributed by atoms with E-state index in [1.807, 2.05) is 0 Å². The van der Waals surface area contributed by atoms with Crippen molar-refractivity contribution in [2.45, 2.75) is 97.5 Å². The van der Waals surface area contributed by atoms with Gasteiger partial charge in [0, 0.05) is 11.1 Å². The number of rotatable bonds is 3. The van der Waals surface area contributed by atoms with Gasteiger partial charge in [0.15, 0.2) is 0 Å². The van der Waals surface area contributed by atoms with Crippen molar-refractivity contribution in [1.29, 1.82) is 0 Å². The van der Waals surface area contributed by atoms with Crippen molar-refractivity contribution in [3.63, 3.8) is 0 Å². The Balaban J connectivity index is 2.30. The van der Waals surface area contributed by atoms with E-state index in [-0.39, 0.29) is 10.8 Å². The molecule has 1 aliphatic carbocycles. The Labute approximate surface area is 148 Å². The van der Waals surface area contributed by atoms with Crippen LogP contribution in [0.1, 0.15) is 91.7 Å². The van der Waals surface area contributed by atoms with E-state index < -0.39 is 0 Å². The monoisotopic (exact) mass is 332 g/mol. The zero-order chi connectivity index (χ0) is 18.1. The number of hydrogen-bond donors (Lipinski definition) is 1. The molecule has 2 heteroatoms. The average molecular weight is 333 g/mol. The molecule has 0 atom stereocenters. The molecule has 1 N–H and O–H groups in total. The molecule has 0 amide bonds. The highest BCUT2D eigenvalue weighted by molar-refractivity contribution is 5.52. The van der Waals surface area contributed by atoms with Crippen LogP contribution in [0, 0.1) is 5.92 Å². The van der Waals surface area contributed by atoms with E-state index in [4.69, 9.17) is 4.74 Å². The Morgan fingerprint density at radius 2 is 1.38 bits per heavy atom. The van der Waals surface area contributed by atoms with E-state index in [1.165, 1.54) is 19.3 Å². The molecular weight excluding hydrogens is 296 g/mol. The van der Waals surface area contributed by atoms with E-state index in [2.05, 4.69) is 60.6 Å². The van der Waals surface area contributed by atoms with Crippen LogP contribution in [0.5, 0.6) is 11.5 Å². The lowest BCUT2D eigenvalue weighted by Crippen LogP contribution is -2.24. The van der Waals surface area contributed by atoms with Gasteiger partial charge in [-0.2, -0.15) is 0 Å². The topological polar surface area (TPSA) is 29.5 Å². The fraction of sp³-hybridized carbons (Fsp3) is 0.727. The van der Waals surface area contributed by atoms with E-state index in [0.717, 1.165) is 35.6 Å². The van der Waals surface area contributed by atoms with Crippen molar-refractivity contribution in [2.24, 2.45) is 5.92 Å². The molecule has 1 aromatic carbocycles. The smallest absolute Gasteiger partial charge is 0.123 e. The molecule has 0 aliphatic heterocycles. The first-order chi connectivity index (χ1) is 11.0. The van der Waals surface area contributed by atoms with Crippen molar-refractivity contribution in [2.75, 3.05) is 0 Å². The van der Waals surface area contributed by atoms with Crippen molar-refractivity contribution >= 4 is 0 Å². The lowest BCUT2D eigenvalue weighted by atomic mass is 9.79. The molecule has 0 aromatic heterocycles. The summed E-state index contributed by atoms with van der Waals surface area (Å²) in [7, 11) is 0. The van der Waals surface area contributed by atoms with Gasteiger partial charge in [0.2, 0.25) is 0 Å². The molecule has 1 fully saturated rings. The second-order valence-corrected chi connectivity index (χ2v) is 9.54. The summed E-state index contributed by atoms with van der Waals surface area (Å²) in [6.45, 7) is 15.2. The van der Waals surface area contributed by atoms with E-state index in [1.54, 1.807) is 0 Å². The second-order valence-electron chi connectivity index (χ2n) is 9.54. The second kappa shape index (κ2) is 6.98. The third kappa shape index (κ3) is 4.46. The number of ether oxygens (including phenoxy) is 1. The molecule has 0 heterocycles. The first-order valence-electron chi connectivity index (χ1n) is 9.57. The van der Waals surface area contributed by atoms with Gasteiger partial charge in [0.25, 0.3) is 0 Å². The molecule has 1 saturated carbocycles. The normalized spacial score (nSPS) is 22.5. The van der Waals surface area contributed by atoms with Gasteiger partial charge in [-0.05, 0) is 54.6 Å². The summed E-state index contributed by atoms with van der Waals surface area (Å²) in [5.41, 5.74) is 1.74. The summed E-state index contributed by atoms with van der Waals surface area (Å²) < 4.78 is 6.36. The van der Waals surface area contributed by atoms with E-state index in [9.17, 15) is 5.11 Å². The lowest BCUT2D eigenvalue weighted by Gasteiger charge is -2.31. The van der Waals surface area contributed by atoms with Crippen LogP contribution in [-0.2, 0) is 10.8 Å². The Bertz CT molecular complexity index is 517. The van der Waals surface area contributed by atoms with Gasteiger partial charge in [-0.3, -0.25) is 0 Å². The summed E-state index contributed by atoms with van der Waals surface area (Å²) in [5.74, 6) is 2.22.